The van der Waals surface area contributed by atoms with Crippen LogP contribution in [0.5, 0.6) is 0 Å². The number of amides is 1. The molecule has 1 aromatic carbocycles. The molecule has 1 aliphatic carbocycles. The highest BCUT2D eigenvalue weighted by molar-refractivity contribution is 5.80. The van der Waals surface area contributed by atoms with E-state index in [1.165, 1.54) is 18.7 Å². The van der Waals surface area contributed by atoms with Gasteiger partial charge in [0.2, 0.25) is 0 Å². The van der Waals surface area contributed by atoms with Crippen molar-refractivity contribution in [2.24, 2.45) is 11.1 Å². The van der Waals surface area contributed by atoms with Gasteiger partial charge in [-0.15, -0.1) is 0 Å². The number of nitrogens with zero attached hydrogens (tertiary/aromatic N) is 1. The maximum atomic E-state index is 13.3. The molecule has 0 spiro atoms. The second-order valence-electron chi connectivity index (χ2n) is 5.47. The predicted molar refractivity (Wildman–Crippen MR) is 79.5 cm³/mol. The molecule has 0 heterocycles. The molecule has 0 aliphatic heterocycles. The molecule has 5 heteroatoms. The third kappa shape index (κ3) is 4.85. The van der Waals surface area contributed by atoms with Crippen LogP contribution in [0.4, 0.5) is 4.39 Å². The van der Waals surface area contributed by atoms with E-state index in [9.17, 15) is 9.18 Å². The Morgan fingerprint density at radius 1 is 1.43 bits per heavy atom. The van der Waals surface area contributed by atoms with E-state index in [1.807, 2.05) is 0 Å². The van der Waals surface area contributed by atoms with Crippen LogP contribution in [0, 0.1) is 11.7 Å². The first-order valence-corrected chi connectivity index (χ1v) is 7.36. The molecule has 2 rings (SSSR count). The quantitative estimate of drug-likeness (QED) is 0.670. The topological polar surface area (TPSA) is 50.7 Å². The minimum Gasteiger partial charge on any atom is -0.386 e. The van der Waals surface area contributed by atoms with Gasteiger partial charge in [-0.25, -0.2) is 4.39 Å². The zero-order chi connectivity index (χ0) is 15.1. The summed E-state index contributed by atoms with van der Waals surface area (Å²) in [6.07, 6.45) is 5.83. The molecule has 0 unspecified atom stereocenters. The Hall–Kier alpha value is -1.91. The zero-order valence-electron chi connectivity index (χ0n) is 12.2. The average Bonchev–Trinajstić information content (AvgIpc) is 2.48. The molecule has 1 aromatic rings. The second-order valence-corrected chi connectivity index (χ2v) is 5.47. The summed E-state index contributed by atoms with van der Waals surface area (Å²) in [5, 5.41) is 6.60. The van der Waals surface area contributed by atoms with E-state index < -0.39 is 0 Å². The van der Waals surface area contributed by atoms with E-state index >= 15 is 0 Å². The Morgan fingerprint density at radius 3 is 2.95 bits per heavy atom. The minimum absolute atomic E-state index is 0.145. The number of carbonyl (C=O) groups excluding carboxylic acids is 1. The molecule has 1 N–H and O–H groups in total. The molecule has 4 nitrogen and oxygen atoms in total. The number of rotatable bonds is 5. The van der Waals surface area contributed by atoms with Crippen molar-refractivity contribution in [3.8, 4) is 0 Å². The molecule has 1 aliphatic rings. The Labute approximate surface area is 124 Å². The third-order valence-corrected chi connectivity index (χ3v) is 3.83. The second kappa shape index (κ2) is 7.76. The van der Waals surface area contributed by atoms with Gasteiger partial charge in [0.05, 0.1) is 6.21 Å². The molecule has 0 radical (unpaired) electrons. The van der Waals surface area contributed by atoms with Gasteiger partial charge in [-0.1, -0.05) is 43.1 Å². The highest BCUT2D eigenvalue weighted by atomic mass is 19.1. The van der Waals surface area contributed by atoms with E-state index in [0.29, 0.717) is 11.5 Å². The Balaban J connectivity index is 1.73. The van der Waals surface area contributed by atoms with Crippen LogP contribution < -0.4 is 5.32 Å². The van der Waals surface area contributed by atoms with Crippen LogP contribution >= 0.6 is 0 Å². The lowest BCUT2D eigenvalue weighted by molar-refractivity contribution is -0.126. The van der Waals surface area contributed by atoms with Crippen LogP contribution in [0.2, 0.25) is 0 Å². The first kappa shape index (κ1) is 15.5. The van der Waals surface area contributed by atoms with Crippen molar-refractivity contribution in [3.05, 3.63) is 35.6 Å². The van der Waals surface area contributed by atoms with Gasteiger partial charge in [-0.3, -0.25) is 4.79 Å². The lowest BCUT2D eigenvalue weighted by atomic mass is 9.86. The number of nitrogens with one attached hydrogen (secondary N) is 1. The summed E-state index contributed by atoms with van der Waals surface area (Å²) in [5.74, 6) is -0.0469. The van der Waals surface area contributed by atoms with Gasteiger partial charge < -0.3 is 10.2 Å². The molecular formula is C16H21FN2O2. The van der Waals surface area contributed by atoms with Gasteiger partial charge in [0, 0.05) is 11.6 Å². The van der Waals surface area contributed by atoms with Crippen molar-refractivity contribution in [2.45, 2.75) is 38.6 Å². The maximum Gasteiger partial charge on any atom is 0.261 e. The van der Waals surface area contributed by atoms with Crippen molar-refractivity contribution in [2.75, 3.05) is 6.61 Å². The number of oxime groups is 1. The zero-order valence-corrected chi connectivity index (χ0v) is 12.2. The van der Waals surface area contributed by atoms with E-state index in [2.05, 4.69) is 17.4 Å². The minimum atomic E-state index is -0.370. The normalized spacial score (nSPS) is 22.2. The van der Waals surface area contributed by atoms with Gasteiger partial charge in [0.15, 0.2) is 6.61 Å². The molecular weight excluding hydrogens is 271 g/mol. The van der Waals surface area contributed by atoms with Crippen LogP contribution in [0.15, 0.2) is 29.4 Å². The van der Waals surface area contributed by atoms with Crippen LogP contribution in [0.25, 0.3) is 0 Å². The summed E-state index contributed by atoms with van der Waals surface area (Å²) in [5.41, 5.74) is 0.332. The smallest absolute Gasteiger partial charge is 0.261 e. The first-order chi connectivity index (χ1) is 10.2. The van der Waals surface area contributed by atoms with Crippen LogP contribution in [0.3, 0.4) is 0 Å². The fourth-order valence-electron chi connectivity index (χ4n) is 2.55. The van der Waals surface area contributed by atoms with Gasteiger partial charge in [0.25, 0.3) is 5.91 Å². The van der Waals surface area contributed by atoms with E-state index in [4.69, 9.17) is 4.84 Å². The molecule has 114 valence electrons. The molecule has 1 fully saturated rings. The molecule has 21 heavy (non-hydrogen) atoms. The SMILES string of the molecule is C[C@@H]1CCCC[C@H]1NC(=O)CO/N=C\c1ccccc1F. The molecule has 0 aromatic heterocycles. The summed E-state index contributed by atoms with van der Waals surface area (Å²) in [4.78, 5) is 16.7. The summed E-state index contributed by atoms with van der Waals surface area (Å²) in [6, 6.07) is 6.48. The van der Waals surface area contributed by atoms with Gasteiger partial charge in [-0.05, 0) is 24.8 Å². The Bertz CT molecular complexity index is 505. The van der Waals surface area contributed by atoms with Crippen LogP contribution in [0.1, 0.15) is 38.2 Å². The Kier molecular flexibility index (Phi) is 5.72. The van der Waals surface area contributed by atoms with Crippen molar-refractivity contribution >= 4 is 12.1 Å². The Morgan fingerprint density at radius 2 is 2.19 bits per heavy atom. The molecule has 0 bridgehead atoms. The molecule has 1 amide bonds. The largest absolute Gasteiger partial charge is 0.386 e. The highest BCUT2D eigenvalue weighted by Gasteiger charge is 2.22. The fourth-order valence-corrected chi connectivity index (χ4v) is 2.55. The van der Waals surface area contributed by atoms with Gasteiger partial charge in [-0.2, -0.15) is 0 Å². The predicted octanol–water partition coefficient (Wildman–Crippen LogP) is 2.87. The van der Waals surface area contributed by atoms with Crippen molar-refractivity contribution in [1.29, 1.82) is 0 Å². The molecule has 1 saturated carbocycles. The fraction of sp³-hybridized carbons (Fsp3) is 0.500. The first-order valence-electron chi connectivity index (χ1n) is 7.36. The van der Waals surface area contributed by atoms with E-state index in [-0.39, 0.29) is 24.4 Å². The molecule has 2 atom stereocenters. The van der Waals surface area contributed by atoms with E-state index in [0.717, 1.165) is 19.3 Å². The highest BCUT2D eigenvalue weighted by Crippen LogP contribution is 2.23. The number of carbonyl (C=O) groups is 1. The van der Waals surface area contributed by atoms with Gasteiger partial charge >= 0.3 is 0 Å². The summed E-state index contributed by atoms with van der Waals surface area (Å²) in [7, 11) is 0. The van der Waals surface area contributed by atoms with Crippen molar-refractivity contribution in [1.82, 2.24) is 5.32 Å². The number of benzene rings is 1. The number of hydrogen-bond donors (Lipinski definition) is 1. The van der Waals surface area contributed by atoms with Crippen molar-refractivity contribution in [3.63, 3.8) is 0 Å². The molecule has 0 saturated heterocycles. The summed E-state index contributed by atoms with van der Waals surface area (Å²) >= 11 is 0. The monoisotopic (exact) mass is 292 g/mol. The van der Waals surface area contributed by atoms with Crippen LogP contribution in [-0.4, -0.2) is 24.8 Å². The lowest BCUT2D eigenvalue weighted by Crippen LogP contribution is -2.42. The van der Waals surface area contributed by atoms with Crippen molar-refractivity contribution < 1.29 is 14.0 Å². The van der Waals surface area contributed by atoms with Crippen LogP contribution in [-0.2, 0) is 9.63 Å². The summed E-state index contributed by atoms with van der Waals surface area (Å²) < 4.78 is 13.3. The standard InChI is InChI=1S/C16H21FN2O2/c1-12-6-2-5-9-15(12)19-16(20)11-21-18-10-13-7-3-4-8-14(13)17/h3-4,7-8,10,12,15H,2,5-6,9,11H2,1H3,(H,19,20)/b18-10-/t12-,15-/m1/s1. The average molecular weight is 292 g/mol. The lowest BCUT2D eigenvalue weighted by Gasteiger charge is -2.29. The van der Waals surface area contributed by atoms with E-state index in [1.54, 1.807) is 18.2 Å². The number of halogens is 1. The number of hydrogen-bond acceptors (Lipinski definition) is 3. The third-order valence-electron chi connectivity index (χ3n) is 3.83. The maximum absolute atomic E-state index is 13.3. The van der Waals surface area contributed by atoms with Gasteiger partial charge in [0.1, 0.15) is 5.82 Å². The summed E-state index contributed by atoms with van der Waals surface area (Å²) in [6.45, 7) is 2.01.